The quantitative estimate of drug-likeness (QED) is 0.433. The van der Waals surface area contributed by atoms with Crippen molar-refractivity contribution < 1.29 is 22.7 Å². The number of hydrogen-bond donors (Lipinski definition) is 0. The molecule has 0 heterocycles. The minimum absolute atomic E-state index is 0.149. The van der Waals surface area contributed by atoms with Gasteiger partial charge in [-0.1, -0.05) is 17.2 Å². The third-order valence-corrected chi connectivity index (χ3v) is 6.39. The van der Waals surface area contributed by atoms with E-state index in [2.05, 4.69) is 0 Å². The number of anilines is 1. The zero-order valence-corrected chi connectivity index (χ0v) is 18.1. The zero-order chi connectivity index (χ0) is 21.9. The summed E-state index contributed by atoms with van der Waals surface area (Å²) in [5.74, 6) is 0.443. The van der Waals surface area contributed by atoms with Crippen molar-refractivity contribution in [3.63, 3.8) is 0 Å². The maximum atomic E-state index is 12.8. The van der Waals surface area contributed by atoms with Gasteiger partial charge in [-0.3, -0.25) is 4.31 Å². The Morgan fingerprint density at radius 1 is 0.833 bits per heavy atom. The van der Waals surface area contributed by atoms with Crippen molar-refractivity contribution in [1.82, 2.24) is 0 Å². The Hall–Kier alpha value is -3.32. The Kier molecular flexibility index (Phi) is 6.12. The van der Waals surface area contributed by atoms with Gasteiger partial charge in [0, 0.05) is 7.05 Å². The van der Waals surface area contributed by atoms with E-state index in [9.17, 15) is 13.2 Å². The molecule has 0 aliphatic rings. The number of methoxy groups -OCH3 is 1. The lowest BCUT2D eigenvalue weighted by Crippen LogP contribution is -2.26. The highest BCUT2D eigenvalue weighted by molar-refractivity contribution is 7.92. The smallest absolute Gasteiger partial charge is 0.343 e. The molecule has 0 aromatic heterocycles. The summed E-state index contributed by atoms with van der Waals surface area (Å²) in [6.45, 7) is 3.83. The van der Waals surface area contributed by atoms with Gasteiger partial charge in [-0.15, -0.1) is 0 Å². The molecule has 0 spiro atoms. The Bertz CT molecular complexity index is 1130. The van der Waals surface area contributed by atoms with E-state index >= 15 is 0 Å². The lowest BCUT2D eigenvalue weighted by molar-refractivity contribution is 0.0734. The van der Waals surface area contributed by atoms with Gasteiger partial charge in [0.25, 0.3) is 10.0 Å². The molecule has 0 amide bonds. The van der Waals surface area contributed by atoms with Crippen molar-refractivity contribution in [3.05, 3.63) is 83.4 Å². The van der Waals surface area contributed by atoms with Gasteiger partial charge >= 0.3 is 5.97 Å². The van der Waals surface area contributed by atoms with Gasteiger partial charge in [0.2, 0.25) is 0 Å². The molecule has 0 saturated carbocycles. The molecule has 6 nitrogen and oxygen atoms in total. The topological polar surface area (TPSA) is 72.9 Å². The van der Waals surface area contributed by atoms with Crippen molar-refractivity contribution in [2.24, 2.45) is 0 Å². The second-order valence-electron chi connectivity index (χ2n) is 6.91. The first-order valence-electron chi connectivity index (χ1n) is 9.24. The van der Waals surface area contributed by atoms with E-state index < -0.39 is 16.0 Å². The predicted molar refractivity (Wildman–Crippen MR) is 116 cm³/mol. The Balaban J connectivity index is 1.76. The van der Waals surface area contributed by atoms with Gasteiger partial charge in [0.05, 0.1) is 23.3 Å². The SMILES string of the molecule is COc1ccc(S(=O)(=O)N(C)c2ccc(OC(=O)c3cc(C)cc(C)c3)cc2)cc1. The summed E-state index contributed by atoms with van der Waals surface area (Å²) in [6.07, 6.45) is 0. The molecule has 0 aliphatic heterocycles. The molecular formula is C23H23NO5S. The van der Waals surface area contributed by atoms with Crippen LogP contribution in [0.25, 0.3) is 0 Å². The first-order chi connectivity index (χ1) is 14.2. The van der Waals surface area contributed by atoms with Crippen LogP contribution in [0.2, 0.25) is 0 Å². The standard InChI is InChI=1S/C23H23NO5S/c1-16-13-17(2)15-18(14-16)23(25)29-21-7-5-19(6-8-21)24(3)30(26,27)22-11-9-20(28-4)10-12-22/h5-15H,1-4H3. The summed E-state index contributed by atoms with van der Waals surface area (Å²) in [5.41, 5.74) is 2.86. The molecule has 0 atom stereocenters. The van der Waals surface area contributed by atoms with Gasteiger partial charge in [-0.2, -0.15) is 0 Å². The van der Waals surface area contributed by atoms with Crippen LogP contribution in [-0.2, 0) is 10.0 Å². The number of nitrogens with zero attached hydrogens (tertiary/aromatic N) is 1. The number of benzene rings is 3. The highest BCUT2D eigenvalue weighted by Crippen LogP contribution is 2.26. The lowest BCUT2D eigenvalue weighted by atomic mass is 10.1. The average Bonchev–Trinajstić information content (AvgIpc) is 2.73. The van der Waals surface area contributed by atoms with E-state index in [0.29, 0.717) is 22.7 Å². The molecule has 3 aromatic carbocycles. The normalized spacial score (nSPS) is 11.1. The van der Waals surface area contributed by atoms with Crippen LogP contribution in [0.3, 0.4) is 0 Å². The van der Waals surface area contributed by atoms with E-state index in [0.717, 1.165) is 11.1 Å². The molecule has 3 aromatic rings. The largest absolute Gasteiger partial charge is 0.497 e. The van der Waals surface area contributed by atoms with Gasteiger partial charge in [0.15, 0.2) is 0 Å². The fraction of sp³-hybridized carbons (Fsp3) is 0.174. The van der Waals surface area contributed by atoms with Crippen molar-refractivity contribution in [2.75, 3.05) is 18.5 Å². The molecule has 0 radical (unpaired) electrons. The molecular weight excluding hydrogens is 402 g/mol. The molecule has 0 unspecified atom stereocenters. The fourth-order valence-electron chi connectivity index (χ4n) is 3.03. The molecule has 30 heavy (non-hydrogen) atoms. The summed E-state index contributed by atoms with van der Waals surface area (Å²) < 4.78 is 37.3. The summed E-state index contributed by atoms with van der Waals surface area (Å²) in [4.78, 5) is 12.5. The molecule has 0 N–H and O–H groups in total. The van der Waals surface area contributed by atoms with Crippen LogP contribution >= 0.6 is 0 Å². The number of aryl methyl sites for hydroxylation is 2. The number of rotatable bonds is 6. The molecule has 0 aliphatic carbocycles. The summed E-state index contributed by atoms with van der Waals surface area (Å²) >= 11 is 0. The highest BCUT2D eigenvalue weighted by atomic mass is 32.2. The van der Waals surface area contributed by atoms with Crippen LogP contribution in [-0.4, -0.2) is 28.5 Å². The lowest BCUT2D eigenvalue weighted by Gasteiger charge is -2.20. The fourth-order valence-corrected chi connectivity index (χ4v) is 4.22. The molecule has 156 valence electrons. The number of sulfonamides is 1. The minimum Gasteiger partial charge on any atom is -0.497 e. The van der Waals surface area contributed by atoms with E-state index in [4.69, 9.17) is 9.47 Å². The third-order valence-electron chi connectivity index (χ3n) is 4.59. The van der Waals surface area contributed by atoms with Gasteiger partial charge in [0.1, 0.15) is 11.5 Å². The number of ether oxygens (including phenoxy) is 2. The Labute approximate surface area is 176 Å². The zero-order valence-electron chi connectivity index (χ0n) is 17.2. The van der Waals surface area contributed by atoms with Crippen LogP contribution in [0.5, 0.6) is 11.5 Å². The molecule has 0 fully saturated rings. The summed E-state index contributed by atoms with van der Waals surface area (Å²) in [6, 6.07) is 18.0. The Morgan fingerprint density at radius 3 is 1.90 bits per heavy atom. The van der Waals surface area contributed by atoms with Crippen LogP contribution in [0.1, 0.15) is 21.5 Å². The first-order valence-corrected chi connectivity index (χ1v) is 10.7. The van der Waals surface area contributed by atoms with Crippen molar-refractivity contribution in [3.8, 4) is 11.5 Å². The second kappa shape index (κ2) is 8.59. The number of carbonyl (C=O) groups excluding carboxylic acids is 1. The Morgan fingerprint density at radius 2 is 1.37 bits per heavy atom. The van der Waals surface area contributed by atoms with Crippen LogP contribution in [0.4, 0.5) is 5.69 Å². The summed E-state index contributed by atoms with van der Waals surface area (Å²) in [7, 11) is -0.749. The van der Waals surface area contributed by atoms with Crippen LogP contribution in [0, 0.1) is 13.8 Å². The molecule has 0 bridgehead atoms. The molecule has 0 saturated heterocycles. The number of esters is 1. The van der Waals surface area contributed by atoms with E-state index in [1.807, 2.05) is 19.9 Å². The van der Waals surface area contributed by atoms with E-state index in [-0.39, 0.29) is 4.90 Å². The second-order valence-corrected chi connectivity index (χ2v) is 8.88. The summed E-state index contributed by atoms with van der Waals surface area (Å²) in [5, 5.41) is 0. The van der Waals surface area contributed by atoms with Gasteiger partial charge in [-0.25, -0.2) is 13.2 Å². The monoisotopic (exact) mass is 425 g/mol. The third kappa shape index (κ3) is 4.63. The first kappa shape index (κ1) is 21.4. The van der Waals surface area contributed by atoms with E-state index in [1.165, 1.54) is 30.6 Å². The maximum absolute atomic E-state index is 12.8. The van der Waals surface area contributed by atoms with Crippen molar-refractivity contribution in [1.29, 1.82) is 0 Å². The van der Waals surface area contributed by atoms with Crippen LogP contribution in [0.15, 0.2) is 71.6 Å². The average molecular weight is 426 g/mol. The van der Waals surface area contributed by atoms with Gasteiger partial charge < -0.3 is 9.47 Å². The van der Waals surface area contributed by atoms with Crippen LogP contribution < -0.4 is 13.8 Å². The van der Waals surface area contributed by atoms with Crippen molar-refractivity contribution in [2.45, 2.75) is 18.7 Å². The minimum atomic E-state index is -3.74. The number of hydrogen-bond acceptors (Lipinski definition) is 5. The number of carbonyl (C=O) groups is 1. The van der Waals surface area contributed by atoms with E-state index in [1.54, 1.807) is 48.5 Å². The predicted octanol–water partition coefficient (Wildman–Crippen LogP) is 4.36. The van der Waals surface area contributed by atoms with Crippen molar-refractivity contribution >= 4 is 21.7 Å². The highest BCUT2D eigenvalue weighted by Gasteiger charge is 2.21. The molecule has 3 rings (SSSR count). The van der Waals surface area contributed by atoms with Gasteiger partial charge in [-0.05, 0) is 74.5 Å². The maximum Gasteiger partial charge on any atom is 0.343 e. The molecule has 7 heteroatoms.